The number of primary amides is 1. The van der Waals surface area contributed by atoms with Gasteiger partial charge in [-0.2, -0.15) is 0 Å². The van der Waals surface area contributed by atoms with Crippen molar-refractivity contribution in [1.29, 1.82) is 0 Å². The van der Waals surface area contributed by atoms with Crippen LogP contribution in [-0.2, 0) is 14.4 Å². The van der Waals surface area contributed by atoms with Crippen LogP contribution in [0.15, 0.2) is 0 Å². The highest BCUT2D eigenvalue weighted by atomic mass is 35.5. The Labute approximate surface area is 240 Å². The van der Waals surface area contributed by atoms with Gasteiger partial charge in [0.15, 0.2) is 11.3 Å². The van der Waals surface area contributed by atoms with Gasteiger partial charge in [0.2, 0.25) is 5.91 Å². The average Bonchev–Trinajstić information content (AvgIpc) is 2.85. The topological polar surface area (TPSA) is 101 Å². The second-order valence-corrected chi connectivity index (χ2v) is 11.0. The van der Waals surface area contributed by atoms with Crippen LogP contribution in [0.4, 0.5) is 0 Å². The molecule has 0 aliphatic heterocycles. The predicted octanol–water partition coefficient (Wildman–Crippen LogP) is 8.23. The Balaban J connectivity index is 0. The first-order chi connectivity index (χ1) is 17.8. The Morgan fingerprint density at radius 2 is 0.947 bits per heavy atom. The molecule has 0 aromatic carbocycles. The van der Waals surface area contributed by atoms with Gasteiger partial charge in [0, 0.05) is 6.42 Å². The van der Waals surface area contributed by atoms with Crippen LogP contribution in [0.2, 0.25) is 0 Å². The van der Waals surface area contributed by atoms with E-state index in [0.717, 1.165) is 38.5 Å². The molecule has 0 aliphatic carbocycles. The van der Waals surface area contributed by atoms with Gasteiger partial charge in [-0.15, -0.1) is 12.4 Å². The summed E-state index contributed by atoms with van der Waals surface area (Å²) in [7, 11) is 0. The van der Waals surface area contributed by atoms with Gasteiger partial charge in [-0.25, -0.2) is 0 Å². The molecule has 0 spiro atoms. The van der Waals surface area contributed by atoms with Gasteiger partial charge in [0.05, 0.1) is 0 Å². The quantitative estimate of drug-likeness (QED) is 0.0741. The van der Waals surface area contributed by atoms with Gasteiger partial charge in [0.25, 0.3) is 0 Å². The van der Waals surface area contributed by atoms with Crippen molar-refractivity contribution in [3.8, 4) is 0 Å². The molecule has 0 fully saturated rings. The molecule has 38 heavy (non-hydrogen) atoms. The van der Waals surface area contributed by atoms with Crippen LogP contribution in [0.3, 0.4) is 0 Å². The number of carboxylic acid groups (broad SMARTS) is 1. The largest absolute Gasteiger partial charge is 0.481 e. The number of nitrogens with two attached hydrogens (primary N) is 1. The van der Waals surface area contributed by atoms with E-state index in [2.05, 4.69) is 13.8 Å². The van der Waals surface area contributed by atoms with Crippen LogP contribution in [-0.4, -0.2) is 46.3 Å². The fraction of sp³-hybridized carbons (Fsp3) is 0.903. The molecule has 0 bridgehead atoms. The molecule has 0 aromatic heterocycles. The van der Waals surface area contributed by atoms with Crippen LogP contribution < -0.4 is 5.73 Å². The number of nitrogens with zero attached hydrogens (tertiary/aromatic N) is 1. The average molecular weight is 561 g/mol. The fourth-order valence-corrected chi connectivity index (χ4v) is 5.37. The van der Waals surface area contributed by atoms with Crippen molar-refractivity contribution in [3.63, 3.8) is 0 Å². The van der Waals surface area contributed by atoms with Crippen molar-refractivity contribution >= 4 is 30.1 Å². The van der Waals surface area contributed by atoms with Gasteiger partial charge in [-0.1, -0.05) is 129 Å². The fourth-order valence-electron chi connectivity index (χ4n) is 5.37. The highest BCUT2D eigenvalue weighted by molar-refractivity contribution is 6.09. The van der Waals surface area contributed by atoms with Crippen LogP contribution >= 0.6 is 12.4 Å². The number of aliphatic carboxylic acids is 1. The Kier molecular flexibility index (Phi) is 26.8. The lowest BCUT2D eigenvalue weighted by atomic mass is 9.85. The summed E-state index contributed by atoms with van der Waals surface area (Å²) in [6, 6.07) is 0. The third-order valence-electron chi connectivity index (χ3n) is 7.79. The monoisotopic (exact) mass is 560 g/mol. The summed E-state index contributed by atoms with van der Waals surface area (Å²) in [5.74, 6) is -2.05. The van der Waals surface area contributed by atoms with E-state index in [9.17, 15) is 19.5 Å². The molecule has 1 amide bonds. The third kappa shape index (κ3) is 18.2. The summed E-state index contributed by atoms with van der Waals surface area (Å²) < 4.78 is 0. The lowest BCUT2D eigenvalue weighted by Crippen LogP contribution is -2.62. The van der Waals surface area contributed by atoms with E-state index < -0.39 is 17.4 Å². The lowest BCUT2D eigenvalue weighted by molar-refractivity contribution is -0.145. The van der Waals surface area contributed by atoms with Crippen molar-refractivity contribution in [1.82, 2.24) is 4.90 Å². The van der Waals surface area contributed by atoms with Gasteiger partial charge in [-0.3, -0.25) is 19.3 Å². The molecular formula is C31H61ClN2O4. The van der Waals surface area contributed by atoms with E-state index in [1.165, 1.54) is 96.8 Å². The van der Waals surface area contributed by atoms with Crippen LogP contribution in [0, 0.1) is 0 Å². The zero-order chi connectivity index (χ0) is 27.8. The van der Waals surface area contributed by atoms with E-state index in [-0.39, 0.29) is 31.0 Å². The lowest BCUT2D eigenvalue weighted by Gasteiger charge is -2.40. The van der Waals surface area contributed by atoms with Gasteiger partial charge >= 0.3 is 5.97 Å². The SMILES string of the molecule is CCCCCCCCCCCCN(CCCCCCCCCCCC)[C@@](CCC(=O)O)(C(C)=O)C(N)=O.Cl. The van der Waals surface area contributed by atoms with E-state index in [1.54, 1.807) is 0 Å². The summed E-state index contributed by atoms with van der Waals surface area (Å²) in [6.45, 7) is 7.07. The van der Waals surface area contributed by atoms with E-state index >= 15 is 0 Å². The maximum Gasteiger partial charge on any atom is 0.303 e. The standard InChI is InChI=1S/C31H60N2O4.ClH/c1-4-6-8-10-12-14-16-18-20-22-26-33(27-23-21-19-17-15-13-11-9-7-5-2)31(28(3)34,30(32)37)25-24-29(35)36;/h4-27H2,1-3H3,(H2,32,37)(H,35,36);1H/t31-;/m0./s1. The number of carbonyl (C=O) groups is 3. The Morgan fingerprint density at radius 3 is 1.21 bits per heavy atom. The number of unbranched alkanes of at least 4 members (excludes halogenated alkanes) is 18. The number of Topliss-reactive ketones (excluding diaryl/α,β-unsaturated/α-hetero) is 1. The Hall–Kier alpha value is -1.14. The van der Waals surface area contributed by atoms with Gasteiger partial charge in [-0.05, 0) is 39.3 Å². The zero-order valence-corrected chi connectivity index (χ0v) is 25.9. The molecule has 0 saturated carbocycles. The highest BCUT2D eigenvalue weighted by Crippen LogP contribution is 2.26. The van der Waals surface area contributed by atoms with Crippen molar-refractivity contribution < 1.29 is 19.5 Å². The minimum absolute atomic E-state index is 0. The maximum absolute atomic E-state index is 12.8. The predicted molar refractivity (Wildman–Crippen MR) is 162 cm³/mol. The molecule has 226 valence electrons. The Morgan fingerprint density at radius 1 is 0.632 bits per heavy atom. The highest BCUT2D eigenvalue weighted by Gasteiger charge is 2.46. The van der Waals surface area contributed by atoms with Gasteiger partial charge in [0.1, 0.15) is 0 Å². The molecule has 7 heteroatoms. The molecule has 0 heterocycles. The number of hydrogen-bond acceptors (Lipinski definition) is 4. The Bertz CT molecular complexity index is 562. The van der Waals surface area contributed by atoms with Crippen LogP contribution in [0.25, 0.3) is 0 Å². The number of carbonyl (C=O) groups excluding carboxylic acids is 2. The molecule has 0 saturated heterocycles. The second kappa shape index (κ2) is 26.1. The van der Waals surface area contributed by atoms with E-state index in [1.807, 2.05) is 4.90 Å². The number of halogens is 1. The smallest absolute Gasteiger partial charge is 0.303 e. The van der Waals surface area contributed by atoms with Crippen molar-refractivity contribution in [2.24, 2.45) is 5.73 Å². The maximum atomic E-state index is 12.8. The number of ketones is 1. The third-order valence-corrected chi connectivity index (χ3v) is 7.79. The summed E-state index contributed by atoms with van der Waals surface area (Å²) in [6.07, 6.45) is 24.0. The molecule has 0 aromatic rings. The van der Waals surface area contributed by atoms with E-state index in [0.29, 0.717) is 13.1 Å². The molecule has 0 aliphatic rings. The van der Waals surface area contributed by atoms with Crippen LogP contribution in [0.1, 0.15) is 162 Å². The summed E-state index contributed by atoms with van der Waals surface area (Å²) in [4.78, 5) is 38.7. The van der Waals surface area contributed by atoms with E-state index in [4.69, 9.17) is 5.73 Å². The first-order valence-electron chi connectivity index (χ1n) is 15.6. The first kappa shape index (κ1) is 39.0. The zero-order valence-electron chi connectivity index (χ0n) is 25.1. The molecule has 1 atom stereocenters. The molecule has 0 radical (unpaired) electrons. The molecule has 6 nitrogen and oxygen atoms in total. The number of amides is 1. The number of carboxylic acids is 1. The molecule has 0 rings (SSSR count). The molecule has 3 N–H and O–H groups in total. The van der Waals surface area contributed by atoms with Crippen molar-refractivity contribution in [3.05, 3.63) is 0 Å². The summed E-state index contributed by atoms with van der Waals surface area (Å²) in [5, 5.41) is 9.27. The van der Waals surface area contributed by atoms with Crippen molar-refractivity contribution in [2.45, 2.75) is 168 Å². The summed E-state index contributed by atoms with van der Waals surface area (Å²) in [5.41, 5.74) is 4.29. The normalized spacial score (nSPS) is 12.7. The molecule has 0 unspecified atom stereocenters. The van der Waals surface area contributed by atoms with Crippen LogP contribution in [0.5, 0.6) is 0 Å². The summed E-state index contributed by atoms with van der Waals surface area (Å²) >= 11 is 0. The van der Waals surface area contributed by atoms with Crippen molar-refractivity contribution in [2.75, 3.05) is 13.1 Å². The first-order valence-corrected chi connectivity index (χ1v) is 15.6. The minimum Gasteiger partial charge on any atom is -0.481 e. The number of rotatable bonds is 28. The van der Waals surface area contributed by atoms with Gasteiger partial charge < -0.3 is 10.8 Å². The molecular weight excluding hydrogens is 500 g/mol. The second-order valence-electron chi connectivity index (χ2n) is 11.0. The number of hydrogen-bond donors (Lipinski definition) is 2. The minimum atomic E-state index is -1.52.